The first kappa shape index (κ1) is 21.4. The molecule has 3 rings (SSSR count). The summed E-state index contributed by atoms with van der Waals surface area (Å²) in [6.07, 6.45) is 2.02. The lowest BCUT2D eigenvalue weighted by molar-refractivity contribution is 0.0106. The van der Waals surface area contributed by atoms with Gasteiger partial charge in [0.25, 0.3) is 0 Å². The number of nitrogens with one attached hydrogen (secondary N) is 2. The second kappa shape index (κ2) is 11.0. The lowest BCUT2D eigenvalue weighted by atomic mass is 9.87. The molecule has 0 aromatic heterocycles. The Bertz CT molecular complexity index is 751. The van der Waals surface area contributed by atoms with E-state index in [0.29, 0.717) is 19.1 Å². The molecule has 1 aliphatic rings. The van der Waals surface area contributed by atoms with E-state index in [4.69, 9.17) is 14.2 Å². The SMILES string of the molecule is COCCCNc1cc(CO[C@H]2CNCCC2c2ccc(OC)cc2)ccc1O. The Balaban J connectivity index is 1.61. The summed E-state index contributed by atoms with van der Waals surface area (Å²) in [4.78, 5) is 0. The van der Waals surface area contributed by atoms with Crippen molar-refractivity contribution in [3.8, 4) is 11.5 Å². The summed E-state index contributed by atoms with van der Waals surface area (Å²) in [5.41, 5.74) is 3.05. The number of benzene rings is 2. The molecule has 1 aliphatic heterocycles. The predicted molar refractivity (Wildman–Crippen MR) is 115 cm³/mol. The van der Waals surface area contributed by atoms with Crippen molar-refractivity contribution in [2.45, 2.75) is 31.5 Å². The van der Waals surface area contributed by atoms with Gasteiger partial charge >= 0.3 is 0 Å². The summed E-state index contributed by atoms with van der Waals surface area (Å²) in [7, 11) is 3.37. The van der Waals surface area contributed by atoms with Crippen molar-refractivity contribution in [2.24, 2.45) is 0 Å². The van der Waals surface area contributed by atoms with Crippen LogP contribution in [0.3, 0.4) is 0 Å². The third kappa shape index (κ3) is 6.10. The first-order chi connectivity index (χ1) is 14.2. The molecule has 1 unspecified atom stereocenters. The number of hydrogen-bond donors (Lipinski definition) is 3. The first-order valence-corrected chi connectivity index (χ1v) is 10.2. The average Bonchev–Trinajstić information content (AvgIpc) is 2.77. The third-order valence-corrected chi connectivity index (χ3v) is 5.34. The topological polar surface area (TPSA) is 72.0 Å². The number of anilines is 1. The van der Waals surface area contributed by atoms with Gasteiger partial charge < -0.3 is 30.0 Å². The van der Waals surface area contributed by atoms with Crippen molar-refractivity contribution in [3.05, 3.63) is 53.6 Å². The van der Waals surface area contributed by atoms with E-state index in [9.17, 15) is 5.11 Å². The lowest BCUT2D eigenvalue weighted by Gasteiger charge is -2.32. The van der Waals surface area contributed by atoms with Crippen molar-refractivity contribution in [2.75, 3.05) is 45.8 Å². The zero-order valence-corrected chi connectivity index (χ0v) is 17.3. The van der Waals surface area contributed by atoms with Crippen LogP contribution in [-0.2, 0) is 16.1 Å². The summed E-state index contributed by atoms with van der Waals surface area (Å²) in [6.45, 7) is 3.77. The molecular formula is C23H32N2O4. The number of rotatable bonds is 10. The minimum atomic E-state index is 0.101. The van der Waals surface area contributed by atoms with Crippen LogP contribution in [-0.4, -0.2) is 51.7 Å². The molecule has 0 aliphatic carbocycles. The van der Waals surface area contributed by atoms with Crippen LogP contribution in [0.2, 0.25) is 0 Å². The van der Waals surface area contributed by atoms with Crippen LogP contribution in [0.4, 0.5) is 5.69 Å². The molecule has 6 heteroatoms. The Morgan fingerprint density at radius 1 is 1.14 bits per heavy atom. The van der Waals surface area contributed by atoms with E-state index in [0.717, 1.165) is 49.5 Å². The number of piperidine rings is 1. The Morgan fingerprint density at radius 2 is 1.97 bits per heavy atom. The summed E-state index contributed by atoms with van der Waals surface area (Å²) in [5, 5.41) is 16.8. The smallest absolute Gasteiger partial charge is 0.138 e. The second-order valence-electron chi connectivity index (χ2n) is 7.35. The van der Waals surface area contributed by atoms with Crippen molar-refractivity contribution in [1.29, 1.82) is 0 Å². The number of phenolic OH excluding ortho intramolecular Hbond substituents is 1. The van der Waals surface area contributed by atoms with Crippen LogP contribution in [0.25, 0.3) is 0 Å². The summed E-state index contributed by atoms with van der Waals surface area (Å²) in [5.74, 6) is 1.47. The zero-order valence-electron chi connectivity index (χ0n) is 17.3. The highest BCUT2D eigenvalue weighted by Crippen LogP contribution is 2.30. The Hall–Kier alpha value is -2.28. The summed E-state index contributed by atoms with van der Waals surface area (Å²) >= 11 is 0. The zero-order chi connectivity index (χ0) is 20.5. The third-order valence-electron chi connectivity index (χ3n) is 5.34. The van der Waals surface area contributed by atoms with Crippen molar-refractivity contribution in [3.63, 3.8) is 0 Å². The van der Waals surface area contributed by atoms with Crippen molar-refractivity contribution < 1.29 is 19.3 Å². The van der Waals surface area contributed by atoms with Gasteiger partial charge in [0.05, 0.1) is 25.5 Å². The quantitative estimate of drug-likeness (QED) is 0.419. The Kier molecular flexibility index (Phi) is 8.16. The highest BCUT2D eigenvalue weighted by atomic mass is 16.5. The van der Waals surface area contributed by atoms with Crippen LogP contribution >= 0.6 is 0 Å². The first-order valence-electron chi connectivity index (χ1n) is 10.2. The van der Waals surface area contributed by atoms with Gasteiger partial charge in [-0.3, -0.25) is 0 Å². The van der Waals surface area contributed by atoms with Gasteiger partial charge in [-0.2, -0.15) is 0 Å². The van der Waals surface area contributed by atoms with Gasteiger partial charge in [-0.05, 0) is 54.8 Å². The fraction of sp³-hybridized carbons (Fsp3) is 0.478. The van der Waals surface area contributed by atoms with Gasteiger partial charge in [0.15, 0.2) is 0 Å². The number of ether oxygens (including phenoxy) is 3. The normalized spacial score (nSPS) is 19.1. The van der Waals surface area contributed by atoms with Crippen molar-refractivity contribution in [1.82, 2.24) is 5.32 Å². The Morgan fingerprint density at radius 3 is 2.72 bits per heavy atom. The molecule has 0 spiro atoms. The fourth-order valence-corrected chi connectivity index (χ4v) is 3.69. The average molecular weight is 401 g/mol. The molecule has 158 valence electrons. The van der Waals surface area contributed by atoms with E-state index in [-0.39, 0.29) is 11.9 Å². The lowest BCUT2D eigenvalue weighted by Crippen LogP contribution is -2.40. The molecule has 1 heterocycles. The largest absolute Gasteiger partial charge is 0.506 e. The summed E-state index contributed by atoms with van der Waals surface area (Å²) < 4.78 is 16.6. The second-order valence-corrected chi connectivity index (χ2v) is 7.35. The van der Waals surface area contributed by atoms with Crippen molar-refractivity contribution >= 4 is 5.69 Å². The highest BCUT2D eigenvalue weighted by Gasteiger charge is 2.27. The fourth-order valence-electron chi connectivity index (χ4n) is 3.69. The van der Waals surface area contributed by atoms with Gasteiger partial charge in [0.1, 0.15) is 11.5 Å². The van der Waals surface area contributed by atoms with Gasteiger partial charge in [-0.15, -0.1) is 0 Å². The van der Waals surface area contributed by atoms with Crippen LogP contribution < -0.4 is 15.4 Å². The monoisotopic (exact) mass is 400 g/mol. The van der Waals surface area contributed by atoms with Crippen LogP contribution in [0, 0.1) is 0 Å². The van der Waals surface area contributed by atoms with Crippen LogP contribution in [0.15, 0.2) is 42.5 Å². The van der Waals surface area contributed by atoms with E-state index < -0.39 is 0 Å². The molecular weight excluding hydrogens is 368 g/mol. The minimum absolute atomic E-state index is 0.101. The molecule has 6 nitrogen and oxygen atoms in total. The maximum Gasteiger partial charge on any atom is 0.138 e. The number of methoxy groups -OCH3 is 2. The maximum absolute atomic E-state index is 10.1. The van der Waals surface area contributed by atoms with Gasteiger partial charge in [0.2, 0.25) is 0 Å². The van der Waals surface area contributed by atoms with Gasteiger partial charge in [-0.25, -0.2) is 0 Å². The molecule has 1 fully saturated rings. The molecule has 3 N–H and O–H groups in total. The molecule has 0 bridgehead atoms. The Labute approximate surface area is 173 Å². The van der Waals surface area contributed by atoms with Crippen LogP contribution in [0.5, 0.6) is 11.5 Å². The standard InChI is InChI=1S/C23H32N2O4/c1-27-13-3-11-25-21-14-17(4-9-22(21)26)16-29-23-15-24-12-10-20(23)18-5-7-19(28-2)8-6-18/h4-9,14,20,23-26H,3,10-13,15-16H2,1-2H3/t20?,23-/m0/s1. The van der Waals surface area contributed by atoms with Gasteiger partial charge in [-0.1, -0.05) is 18.2 Å². The van der Waals surface area contributed by atoms with Crippen LogP contribution in [0.1, 0.15) is 29.9 Å². The molecule has 29 heavy (non-hydrogen) atoms. The maximum atomic E-state index is 10.1. The molecule has 0 saturated carbocycles. The van der Waals surface area contributed by atoms with E-state index in [1.807, 2.05) is 24.3 Å². The van der Waals surface area contributed by atoms with Gasteiger partial charge in [0, 0.05) is 32.7 Å². The van der Waals surface area contributed by atoms with E-state index in [2.05, 4.69) is 22.8 Å². The highest BCUT2D eigenvalue weighted by molar-refractivity contribution is 5.57. The number of hydrogen-bond acceptors (Lipinski definition) is 6. The van der Waals surface area contributed by atoms with E-state index >= 15 is 0 Å². The molecule has 0 amide bonds. The van der Waals surface area contributed by atoms with E-state index in [1.54, 1.807) is 20.3 Å². The predicted octanol–water partition coefficient (Wildman–Crippen LogP) is 3.51. The number of phenols is 1. The molecule has 0 radical (unpaired) electrons. The molecule has 2 atom stereocenters. The number of aromatic hydroxyl groups is 1. The van der Waals surface area contributed by atoms with E-state index in [1.165, 1.54) is 5.56 Å². The molecule has 2 aromatic carbocycles. The molecule has 2 aromatic rings. The summed E-state index contributed by atoms with van der Waals surface area (Å²) in [6, 6.07) is 13.9. The molecule has 1 saturated heterocycles. The minimum Gasteiger partial charge on any atom is -0.506 e.